The second-order valence-corrected chi connectivity index (χ2v) is 12.6. The topological polar surface area (TPSA) is 153 Å². The largest absolute Gasteiger partial charge is 0.527 e. The van der Waals surface area contributed by atoms with Crippen molar-refractivity contribution in [2.45, 2.75) is 71.1 Å². The summed E-state index contributed by atoms with van der Waals surface area (Å²) in [5, 5.41) is 4.24. The van der Waals surface area contributed by atoms with Crippen molar-refractivity contribution >= 4 is 23.9 Å². The number of likely N-dealkylation sites (tertiary alicyclic amines) is 1. The Hall–Kier alpha value is -4.30. The SMILES string of the molecule is CCOC(=O)ON1CCN(C(=O)C(CCC(=O)OC(C)(C)C)NC(=O)c2cc(O[C@H]3CCCN(C)C3)nc(-c3ccccc3)n2)CC1. The maximum Gasteiger partial charge on any atom is 0.527 e. The third kappa shape index (κ3) is 11.2. The number of esters is 1. The number of nitrogens with zero attached hydrogens (tertiary/aromatic N) is 5. The molecule has 1 N–H and O–H groups in total. The zero-order valence-electron chi connectivity index (χ0n) is 27.9. The average Bonchev–Trinajstić information content (AvgIpc) is 3.02. The Labute approximate surface area is 275 Å². The number of rotatable bonds is 11. The number of aromatic nitrogens is 2. The van der Waals surface area contributed by atoms with Crippen LogP contribution in [-0.4, -0.2) is 119 Å². The monoisotopic (exact) mass is 654 g/mol. The fourth-order valence-corrected chi connectivity index (χ4v) is 5.32. The lowest BCUT2D eigenvalue weighted by atomic mass is 10.1. The highest BCUT2D eigenvalue weighted by Crippen LogP contribution is 2.22. The summed E-state index contributed by atoms with van der Waals surface area (Å²) in [6, 6.07) is 9.69. The summed E-state index contributed by atoms with van der Waals surface area (Å²) in [4.78, 5) is 70.0. The molecular formula is C33H46N6O8. The number of benzene rings is 1. The second kappa shape index (κ2) is 16.5. The van der Waals surface area contributed by atoms with Crippen LogP contribution < -0.4 is 10.1 Å². The quantitative estimate of drug-likeness (QED) is 0.355. The lowest BCUT2D eigenvalue weighted by Gasteiger charge is -2.35. The third-order valence-electron chi connectivity index (χ3n) is 7.51. The molecule has 47 heavy (non-hydrogen) atoms. The van der Waals surface area contributed by atoms with Crippen molar-refractivity contribution in [2.75, 3.05) is 52.9 Å². The number of amides is 2. The lowest BCUT2D eigenvalue weighted by molar-refractivity contribution is -0.158. The molecule has 3 heterocycles. The summed E-state index contributed by atoms with van der Waals surface area (Å²) in [5.41, 5.74) is 0.0296. The predicted octanol–water partition coefficient (Wildman–Crippen LogP) is 3.07. The molecule has 0 aliphatic carbocycles. The van der Waals surface area contributed by atoms with Crippen molar-refractivity contribution < 1.29 is 38.2 Å². The van der Waals surface area contributed by atoms with Crippen molar-refractivity contribution in [1.29, 1.82) is 0 Å². The van der Waals surface area contributed by atoms with Crippen LogP contribution in [-0.2, 0) is 23.9 Å². The van der Waals surface area contributed by atoms with E-state index in [0.717, 1.165) is 25.9 Å². The van der Waals surface area contributed by atoms with Gasteiger partial charge < -0.3 is 34.2 Å². The van der Waals surface area contributed by atoms with Crippen LogP contribution in [0.3, 0.4) is 0 Å². The van der Waals surface area contributed by atoms with Gasteiger partial charge in [-0.2, -0.15) is 4.98 Å². The highest BCUT2D eigenvalue weighted by atomic mass is 16.8. The number of carbonyl (C=O) groups is 4. The minimum absolute atomic E-state index is 0.00736. The van der Waals surface area contributed by atoms with Gasteiger partial charge in [-0.3, -0.25) is 14.4 Å². The molecule has 0 bridgehead atoms. The molecule has 14 nitrogen and oxygen atoms in total. The van der Waals surface area contributed by atoms with E-state index >= 15 is 0 Å². The van der Waals surface area contributed by atoms with Crippen LogP contribution >= 0.6 is 0 Å². The van der Waals surface area contributed by atoms with Crippen molar-refractivity contribution in [3.05, 3.63) is 42.1 Å². The van der Waals surface area contributed by atoms with E-state index in [4.69, 9.17) is 19.0 Å². The fourth-order valence-electron chi connectivity index (χ4n) is 5.32. The van der Waals surface area contributed by atoms with Gasteiger partial charge in [-0.25, -0.2) is 9.78 Å². The Morgan fingerprint density at radius 2 is 1.74 bits per heavy atom. The van der Waals surface area contributed by atoms with Crippen LogP contribution in [0, 0.1) is 0 Å². The molecule has 14 heteroatoms. The molecular weight excluding hydrogens is 608 g/mol. The number of hydrogen-bond acceptors (Lipinski definition) is 12. The molecule has 256 valence electrons. The van der Waals surface area contributed by atoms with E-state index in [-0.39, 0.29) is 69.2 Å². The molecule has 4 rings (SSSR count). The molecule has 0 saturated carbocycles. The predicted molar refractivity (Wildman–Crippen MR) is 171 cm³/mol. The number of hydroxylamine groups is 2. The number of ether oxygens (including phenoxy) is 3. The van der Waals surface area contributed by atoms with Crippen LogP contribution in [0.5, 0.6) is 5.88 Å². The summed E-state index contributed by atoms with van der Waals surface area (Å²) in [6.07, 6.45) is 0.841. The minimum atomic E-state index is -1.06. The van der Waals surface area contributed by atoms with Gasteiger partial charge in [0.05, 0.1) is 19.7 Å². The molecule has 2 saturated heterocycles. The average molecular weight is 655 g/mol. The number of likely N-dealkylation sites (N-methyl/N-ethyl adjacent to an activating group) is 1. The molecule has 0 spiro atoms. The Morgan fingerprint density at radius 3 is 2.40 bits per heavy atom. The van der Waals surface area contributed by atoms with Crippen LogP contribution in [0.25, 0.3) is 11.4 Å². The molecule has 2 amide bonds. The van der Waals surface area contributed by atoms with E-state index in [2.05, 4.69) is 20.2 Å². The van der Waals surface area contributed by atoms with E-state index in [1.54, 1.807) is 32.6 Å². The van der Waals surface area contributed by atoms with Gasteiger partial charge in [-0.15, -0.1) is 5.06 Å². The highest BCUT2D eigenvalue weighted by molar-refractivity contribution is 5.96. The fraction of sp³-hybridized carbons (Fsp3) is 0.576. The van der Waals surface area contributed by atoms with Crippen LogP contribution in [0.15, 0.2) is 36.4 Å². The number of piperidine rings is 1. The molecule has 1 unspecified atom stereocenters. The Bertz CT molecular complexity index is 1380. The Morgan fingerprint density at radius 1 is 1.02 bits per heavy atom. The number of carbonyl (C=O) groups excluding carboxylic acids is 4. The summed E-state index contributed by atoms with van der Waals surface area (Å²) >= 11 is 0. The molecule has 1 aromatic heterocycles. The molecule has 2 aromatic rings. The maximum atomic E-state index is 13.8. The normalized spacial score (nSPS) is 18.1. The van der Waals surface area contributed by atoms with E-state index in [1.807, 2.05) is 37.4 Å². The number of nitrogens with one attached hydrogen (secondary N) is 1. The first-order valence-corrected chi connectivity index (χ1v) is 16.1. The van der Waals surface area contributed by atoms with Gasteiger partial charge in [0, 0.05) is 37.7 Å². The summed E-state index contributed by atoms with van der Waals surface area (Å²) in [5.74, 6) is -0.900. The van der Waals surface area contributed by atoms with Crippen molar-refractivity contribution in [2.24, 2.45) is 0 Å². The van der Waals surface area contributed by atoms with Gasteiger partial charge in [-0.05, 0) is 60.5 Å². The Kier molecular flexibility index (Phi) is 12.5. The zero-order chi connectivity index (χ0) is 34.0. The van der Waals surface area contributed by atoms with Gasteiger partial charge in [0.25, 0.3) is 5.91 Å². The summed E-state index contributed by atoms with van der Waals surface area (Å²) < 4.78 is 16.5. The van der Waals surface area contributed by atoms with Gasteiger partial charge in [0.2, 0.25) is 11.8 Å². The zero-order valence-corrected chi connectivity index (χ0v) is 27.9. The Balaban J connectivity index is 1.53. The van der Waals surface area contributed by atoms with Crippen molar-refractivity contribution in [1.82, 2.24) is 30.1 Å². The van der Waals surface area contributed by atoms with Crippen LogP contribution in [0.1, 0.15) is 63.9 Å². The number of hydrogen-bond donors (Lipinski definition) is 1. The second-order valence-electron chi connectivity index (χ2n) is 12.6. The minimum Gasteiger partial charge on any atom is -0.473 e. The van der Waals surface area contributed by atoms with Crippen LogP contribution in [0.2, 0.25) is 0 Å². The van der Waals surface area contributed by atoms with E-state index in [9.17, 15) is 19.2 Å². The smallest absolute Gasteiger partial charge is 0.473 e. The van der Waals surface area contributed by atoms with Crippen LogP contribution in [0.4, 0.5) is 4.79 Å². The van der Waals surface area contributed by atoms with Gasteiger partial charge in [-0.1, -0.05) is 30.3 Å². The van der Waals surface area contributed by atoms with Crippen molar-refractivity contribution in [3.63, 3.8) is 0 Å². The van der Waals surface area contributed by atoms with E-state index < -0.39 is 29.7 Å². The molecule has 2 atom stereocenters. The van der Waals surface area contributed by atoms with E-state index in [0.29, 0.717) is 11.4 Å². The van der Waals surface area contributed by atoms with Gasteiger partial charge in [0.15, 0.2) is 5.82 Å². The lowest BCUT2D eigenvalue weighted by Crippen LogP contribution is -2.55. The van der Waals surface area contributed by atoms with Gasteiger partial charge in [0.1, 0.15) is 23.4 Å². The van der Waals surface area contributed by atoms with Crippen molar-refractivity contribution in [3.8, 4) is 17.3 Å². The molecule has 2 aliphatic rings. The molecule has 0 radical (unpaired) electrons. The highest BCUT2D eigenvalue weighted by Gasteiger charge is 2.32. The molecule has 2 aliphatic heterocycles. The first-order valence-electron chi connectivity index (χ1n) is 16.1. The molecule has 1 aromatic carbocycles. The first kappa shape index (κ1) is 35.6. The van der Waals surface area contributed by atoms with E-state index in [1.165, 1.54) is 11.1 Å². The first-order chi connectivity index (χ1) is 22.4. The maximum absolute atomic E-state index is 13.8. The van der Waals surface area contributed by atoms with Gasteiger partial charge >= 0.3 is 12.1 Å². The molecule has 2 fully saturated rings. The third-order valence-corrected chi connectivity index (χ3v) is 7.51. The summed E-state index contributed by atoms with van der Waals surface area (Å²) in [6.45, 7) is 9.82. The summed E-state index contributed by atoms with van der Waals surface area (Å²) in [7, 11) is 2.03. The standard InChI is InChI=1S/C33H46N6O8/c1-6-44-32(43)47-39-19-17-38(18-20-39)31(42)25(14-15-28(40)46-33(2,3)4)35-30(41)26-21-27(45-24-13-10-16-37(5)22-24)36-29(34-26)23-11-8-7-9-12-23/h7-9,11-12,21,24-25H,6,10,13-20,22H2,1-5H3,(H,35,41)/t24-,25?/m0/s1. The number of piperazine rings is 1.